The highest BCUT2D eigenvalue weighted by Crippen LogP contribution is 2.37. The molecular weight excluding hydrogens is 238 g/mol. The Bertz CT molecular complexity index is 595. The van der Waals surface area contributed by atoms with Gasteiger partial charge in [0.2, 0.25) is 0 Å². The van der Waals surface area contributed by atoms with Crippen molar-refractivity contribution in [3.8, 4) is 11.5 Å². The van der Waals surface area contributed by atoms with Gasteiger partial charge in [0.05, 0.1) is 19.8 Å². The van der Waals surface area contributed by atoms with E-state index < -0.39 is 0 Å². The normalized spacial score (nSPS) is 14.6. The second-order valence-corrected chi connectivity index (χ2v) is 4.65. The lowest BCUT2D eigenvalue weighted by Gasteiger charge is -2.18. The highest BCUT2D eigenvalue weighted by Gasteiger charge is 2.22. The molecule has 0 fully saturated rings. The Labute approximate surface area is 113 Å². The number of fused-ring (bicyclic) bond motifs is 1. The third-order valence-electron chi connectivity index (χ3n) is 3.55. The van der Waals surface area contributed by atoms with Gasteiger partial charge in [0.15, 0.2) is 0 Å². The molecule has 3 rings (SSSR count). The van der Waals surface area contributed by atoms with E-state index in [0.29, 0.717) is 0 Å². The summed E-state index contributed by atoms with van der Waals surface area (Å²) >= 11 is 0. The molecule has 2 aromatic rings. The lowest BCUT2D eigenvalue weighted by molar-refractivity contribution is 0.352. The first-order valence-corrected chi connectivity index (χ1v) is 6.44. The minimum absolute atomic E-state index is 0.232. The van der Waals surface area contributed by atoms with E-state index in [1.807, 2.05) is 36.4 Å². The molecule has 0 amide bonds. The molecule has 2 N–H and O–H groups in total. The van der Waals surface area contributed by atoms with Gasteiger partial charge in [-0.3, -0.25) is 0 Å². The van der Waals surface area contributed by atoms with Crippen molar-refractivity contribution in [1.82, 2.24) is 0 Å². The van der Waals surface area contributed by atoms with Crippen LogP contribution in [0.25, 0.3) is 0 Å². The van der Waals surface area contributed by atoms with Gasteiger partial charge in [-0.05, 0) is 11.6 Å². The molecule has 3 nitrogen and oxygen atoms in total. The van der Waals surface area contributed by atoms with E-state index in [0.717, 1.165) is 35.7 Å². The second kappa shape index (κ2) is 4.94. The Morgan fingerprint density at radius 1 is 1.11 bits per heavy atom. The van der Waals surface area contributed by atoms with Crippen LogP contribution in [0.3, 0.4) is 0 Å². The van der Waals surface area contributed by atoms with Gasteiger partial charge in [-0.25, -0.2) is 0 Å². The number of para-hydroxylation sites is 2. The van der Waals surface area contributed by atoms with Crippen molar-refractivity contribution in [2.75, 3.05) is 13.7 Å². The smallest absolute Gasteiger partial charge is 0.127 e. The molecule has 0 aliphatic carbocycles. The molecule has 0 saturated heterocycles. The number of nitrogens with two attached hydrogens (primary N) is 1. The molecule has 0 bridgehead atoms. The average molecular weight is 255 g/mol. The maximum absolute atomic E-state index is 6.41. The summed E-state index contributed by atoms with van der Waals surface area (Å²) in [6.45, 7) is 0.741. The summed E-state index contributed by atoms with van der Waals surface area (Å²) in [6.07, 6.45) is 0.960. The van der Waals surface area contributed by atoms with Crippen molar-refractivity contribution in [1.29, 1.82) is 0 Å². The fourth-order valence-corrected chi connectivity index (χ4v) is 2.58. The van der Waals surface area contributed by atoms with Gasteiger partial charge in [-0.2, -0.15) is 0 Å². The molecule has 1 unspecified atom stereocenters. The molecule has 98 valence electrons. The van der Waals surface area contributed by atoms with Crippen LogP contribution < -0.4 is 15.2 Å². The molecule has 0 saturated carbocycles. The first-order valence-electron chi connectivity index (χ1n) is 6.44. The number of methoxy groups -OCH3 is 1. The van der Waals surface area contributed by atoms with Gasteiger partial charge >= 0.3 is 0 Å². The molecule has 0 aromatic heterocycles. The quantitative estimate of drug-likeness (QED) is 0.917. The largest absolute Gasteiger partial charge is 0.496 e. The Morgan fingerprint density at radius 2 is 1.89 bits per heavy atom. The zero-order valence-corrected chi connectivity index (χ0v) is 10.9. The van der Waals surface area contributed by atoms with Crippen LogP contribution in [0.2, 0.25) is 0 Å². The van der Waals surface area contributed by atoms with E-state index in [9.17, 15) is 0 Å². The zero-order chi connectivity index (χ0) is 13.2. The fourth-order valence-electron chi connectivity index (χ4n) is 2.58. The van der Waals surface area contributed by atoms with E-state index in [1.165, 1.54) is 5.56 Å². The summed E-state index contributed by atoms with van der Waals surface area (Å²) < 4.78 is 11.1. The monoisotopic (exact) mass is 255 g/mol. The predicted molar refractivity (Wildman–Crippen MR) is 74.7 cm³/mol. The maximum Gasteiger partial charge on any atom is 0.127 e. The third kappa shape index (κ3) is 2.06. The first-order chi connectivity index (χ1) is 9.31. The van der Waals surface area contributed by atoms with E-state index >= 15 is 0 Å². The van der Waals surface area contributed by atoms with Crippen LogP contribution in [0.4, 0.5) is 0 Å². The van der Waals surface area contributed by atoms with Crippen molar-refractivity contribution in [3.05, 3.63) is 59.2 Å². The summed E-state index contributed by atoms with van der Waals surface area (Å²) in [5, 5.41) is 0. The van der Waals surface area contributed by atoms with Gasteiger partial charge in [-0.15, -0.1) is 0 Å². The number of hydrogen-bond acceptors (Lipinski definition) is 3. The third-order valence-corrected chi connectivity index (χ3v) is 3.55. The predicted octanol–water partition coefficient (Wildman–Crippen LogP) is 2.68. The van der Waals surface area contributed by atoms with Gasteiger partial charge in [0.25, 0.3) is 0 Å². The van der Waals surface area contributed by atoms with Crippen molar-refractivity contribution >= 4 is 0 Å². The van der Waals surface area contributed by atoms with Gasteiger partial charge in [0.1, 0.15) is 11.5 Å². The van der Waals surface area contributed by atoms with Crippen molar-refractivity contribution < 1.29 is 9.47 Å². The van der Waals surface area contributed by atoms with E-state index in [1.54, 1.807) is 7.11 Å². The van der Waals surface area contributed by atoms with Gasteiger partial charge in [0, 0.05) is 17.5 Å². The maximum atomic E-state index is 6.41. The van der Waals surface area contributed by atoms with Crippen molar-refractivity contribution in [2.24, 2.45) is 5.73 Å². The lowest BCUT2D eigenvalue weighted by Crippen LogP contribution is -2.14. The molecule has 0 spiro atoms. The minimum Gasteiger partial charge on any atom is -0.496 e. The molecule has 1 atom stereocenters. The van der Waals surface area contributed by atoms with E-state index in [-0.39, 0.29) is 6.04 Å². The molecule has 1 aliphatic rings. The number of ether oxygens (including phenoxy) is 2. The fraction of sp³-hybridized carbons (Fsp3) is 0.250. The van der Waals surface area contributed by atoms with E-state index in [4.69, 9.17) is 15.2 Å². The molecule has 19 heavy (non-hydrogen) atoms. The minimum atomic E-state index is -0.232. The molecule has 2 aromatic carbocycles. The van der Waals surface area contributed by atoms with Crippen LogP contribution in [0.5, 0.6) is 11.5 Å². The highest BCUT2D eigenvalue weighted by molar-refractivity contribution is 5.50. The Balaban J connectivity index is 2.05. The molecular formula is C16H17NO2. The van der Waals surface area contributed by atoms with Crippen LogP contribution >= 0.6 is 0 Å². The van der Waals surface area contributed by atoms with Gasteiger partial charge in [-0.1, -0.05) is 36.4 Å². The number of hydrogen-bond donors (Lipinski definition) is 1. The van der Waals surface area contributed by atoms with Crippen LogP contribution in [0.15, 0.2) is 42.5 Å². The van der Waals surface area contributed by atoms with E-state index in [2.05, 4.69) is 6.07 Å². The molecule has 0 radical (unpaired) electrons. The summed E-state index contributed by atoms with van der Waals surface area (Å²) in [5.41, 5.74) is 9.65. The van der Waals surface area contributed by atoms with Crippen molar-refractivity contribution in [2.45, 2.75) is 12.5 Å². The summed E-state index contributed by atoms with van der Waals surface area (Å²) in [7, 11) is 1.66. The second-order valence-electron chi connectivity index (χ2n) is 4.65. The number of rotatable bonds is 3. The molecule has 1 heterocycles. The van der Waals surface area contributed by atoms with Crippen LogP contribution in [-0.4, -0.2) is 13.7 Å². The number of benzene rings is 2. The standard InChI is InChI=1S/C16H17NO2/c1-18-14-8-3-2-6-12(14)15(17)13-7-4-5-11-9-10-19-16(11)13/h2-8,15H,9-10,17H2,1H3. The Hall–Kier alpha value is -2.00. The van der Waals surface area contributed by atoms with Crippen LogP contribution in [0, 0.1) is 0 Å². The summed E-state index contributed by atoms with van der Waals surface area (Å²) in [5.74, 6) is 1.76. The Morgan fingerprint density at radius 3 is 2.74 bits per heavy atom. The summed E-state index contributed by atoms with van der Waals surface area (Å²) in [6, 6.07) is 13.8. The molecule has 1 aliphatic heterocycles. The lowest BCUT2D eigenvalue weighted by atomic mass is 9.96. The average Bonchev–Trinajstić information content (AvgIpc) is 2.94. The SMILES string of the molecule is COc1ccccc1C(N)c1cccc2c1OCC2. The van der Waals surface area contributed by atoms with Crippen LogP contribution in [0.1, 0.15) is 22.7 Å². The first kappa shape index (κ1) is 12.1. The zero-order valence-electron chi connectivity index (χ0n) is 10.9. The highest BCUT2D eigenvalue weighted by atomic mass is 16.5. The van der Waals surface area contributed by atoms with Gasteiger partial charge < -0.3 is 15.2 Å². The van der Waals surface area contributed by atoms with Crippen LogP contribution in [-0.2, 0) is 6.42 Å². The Kier molecular flexibility index (Phi) is 3.13. The topological polar surface area (TPSA) is 44.5 Å². The molecule has 3 heteroatoms. The summed E-state index contributed by atoms with van der Waals surface area (Å²) in [4.78, 5) is 0. The van der Waals surface area contributed by atoms with Crippen molar-refractivity contribution in [3.63, 3.8) is 0 Å².